The predicted molar refractivity (Wildman–Crippen MR) is 114 cm³/mol. The fourth-order valence-corrected chi connectivity index (χ4v) is 2.98. The topological polar surface area (TPSA) is 156 Å². The molecule has 10 heteroatoms. The lowest BCUT2D eigenvalue weighted by Crippen LogP contribution is -2.20. The molecule has 3 rings (SSSR count). The molecule has 0 unspecified atom stereocenters. The second-order valence-corrected chi connectivity index (χ2v) is 8.01. The number of aromatic amines is 1. The molecule has 3 aromatic heterocycles. The largest absolute Gasteiger partial charge is 0.477 e. The molecule has 0 spiro atoms. The molecular weight excluding hydrogens is 404 g/mol. The van der Waals surface area contributed by atoms with Crippen molar-refractivity contribution in [1.29, 1.82) is 10.5 Å². The zero-order valence-corrected chi connectivity index (χ0v) is 18.1. The molecule has 0 atom stereocenters. The SMILES string of the molecule is CC(C)(C)C(=O)c1c[nH]c2ncc(-c3ccc(C(=O)O)s3)nc12.CNC.N#CC#N. The second kappa shape index (κ2) is 10.8. The van der Waals surface area contributed by atoms with Gasteiger partial charge in [0.2, 0.25) is 0 Å². The number of hydrogen-bond donors (Lipinski definition) is 3. The molecule has 0 saturated heterocycles. The number of aromatic carboxylic acids is 1. The van der Waals surface area contributed by atoms with Gasteiger partial charge in [-0.1, -0.05) is 20.8 Å². The van der Waals surface area contributed by atoms with Gasteiger partial charge in [0.25, 0.3) is 0 Å². The average molecular weight is 427 g/mol. The number of aromatic nitrogens is 3. The Labute approximate surface area is 178 Å². The summed E-state index contributed by atoms with van der Waals surface area (Å²) in [6.45, 7) is 5.55. The summed E-state index contributed by atoms with van der Waals surface area (Å²) in [5.74, 6) is -0.992. The lowest BCUT2D eigenvalue weighted by atomic mass is 9.87. The molecule has 3 heterocycles. The van der Waals surface area contributed by atoms with Crippen LogP contribution in [0.1, 0.15) is 40.8 Å². The number of hydrogen-bond acceptors (Lipinski definition) is 8. The van der Waals surface area contributed by atoms with Gasteiger partial charge in [-0.2, -0.15) is 10.5 Å². The highest BCUT2D eigenvalue weighted by molar-refractivity contribution is 7.17. The first-order chi connectivity index (χ1) is 14.1. The van der Waals surface area contributed by atoms with Crippen molar-refractivity contribution in [1.82, 2.24) is 20.3 Å². The van der Waals surface area contributed by atoms with Gasteiger partial charge in [0, 0.05) is 11.6 Å². The fraction of sp³-hybridized carbons (Fsp3) is 0.300. The molecule has 0 bridgehead atoms. The molecule has 0 aromatic carbocycles. The van der Waals surface area contributed by atoms with Gasteiger partial charge in [-0.3, -0.25) is 4.79 Å². The molecular formula is C20H22N6O3S. The molecule has 3 N–H and O–H groups in total. The molecule has 0 fully saturated rings. The fourth-order valence-electron chi connectivity index (χ4n) is 2.18. The number of H-pyrrole nitrogens is 1. The van der Waals surface area contributed by atoms with Crippen LogP contribution in [0.25, 0.3) is 21.7 Å². The lowest BCUT2D eigenvalue weighted by Gasteiger charge is -2.15. The summed E-state index contributed by atoms with van der Waals surface area (Å²) in [5, 5.41) is 26.3. The van der Waals surface area contributed by atoms with Gasteiger partial charge >= 0.3 is 5.97 Å². The number of Topliss-reactive ketones (excluding diaryl/α,β-unsaturated/α-hetero) is 1. The third-order valence-electron chi connectivity index (χ3n) is 3.43. The third-order valence-corrected chi connectivity index (χ3v) is 4.52. The average Bonchev–Trinajstić information content (AvgIpc) is 3.34. The quantitative estimate of drug-likeness (QED) is 0.537. The summed E-state index contributed by atoms with van der Waals surface area (Å²) in [7, 11) is 3.75. The van der Waals surface area contributed by atoms with E-state index in [0.29, 0.717) is 27.3 Å². The van der Waals surface area contributed by atoms with Crippen molar-refractivity contribution in [3.8, 4) is 22.7 Å². The first kappa shape index (κ1) is 24.4. The van der Waals surface area contributed by atoms with Crippen molar-refractivity contribution in [3.63, 3.8) is 0 Å². The monoisotopic (exact) mass is 426 g/mol. The molecule has 3 aromatic rings. The van der Waals surface area contributed by atoms with Crippen molar-refractivity contribution >= 4 is 34.3 Å². The minimum atomic E-state index is -0.972. The van der Waals surface area contributed by atoms with E-state index >= 15 is 0 Å². The van der Waals surface area contributed by atoms with Gasteiger partial charge in [-0.25, -0.2) is 14.8 Å². The van der Waals surface area contributed by atoms with Crippen molar-refractivity contribution < 1.29 is 14.7 Å². The maximum Gasteiger partial charge on any atom is 0.345 e. The predicted octanol–water partition coefficient (Wildman–Crippen LogP) is 3.48. The minimum Gasteiger partial charge on any atom is -0.477 e. The minimum absolute atomic E-state index is 0.0207. The molecule has 156 valence electrons. The summed E-state index contributed by atoms with van der Waals surface area (Å²) in [4.78, 5) is 36.2. The number of nitriles is 2. The summed E-state index contributed by atoms with van der Waals surface area (Å²) >= 11 is 1.13. The van der Waals surface area contributed by atoms with Crippen molar-refractivity contribution in [2.24, 2.45) is 5.41 Å². The van der Waals surface area contributed by atoms with Crippen LogP contribution in [0.5, 0.6) is 0 Å². The molecule has 0 saturated carbocycles. The Balaban J connectivity index is 0.000000564. The van der Waals surface area contributed by atoms with Crippen LogP contribution in [0, 0.1) is 28.1 Å². The third kappa shape index (κ3) is 6.21. The number of fused-ring (bicyclic) bond motifs is 1. The number of carboxylic acids is 1. The summed E-state index contributed by atoms with van der Waals surface area (Å²) in [5.41, 5.74) is 1.57. The number of carboxylic acid groups (broad SMARTS) is 1. The van der Waals surface area contributed by atoms with Crippen LogP contribution in [-0.4, -0.2) is 45.9 Å². The Morgan fingerprint density at radius 2 is 1.80 bits per heavy atom. The van der Waals surface area contributed by atoms with Crippen LogP contribution >= 0.6 is 11.3 Å². The van der Waals surface area contributed by atoms with Crippen molar-refractivity contribution in [3.05, 3.63) is 35.0 Å². The van der Waals surface area contributed by atoms with Crippen molar-refractivity contribution in [2.75, 3.05) is 14.1 Å². The summed E-state index contributed by atoms with van der Waals surface area (Å²) in [6, 6.07) is 5.70. The highest BCUT2D eigenvalue weighted by atomic mass is 32.1. The van der Waals surface area contributed by atoms with Gasteiger partial charge in [0.1, 0.15) is 10.4 Å². The normalized spacial score (nSPS) is 9.97. The Bertz CT molecular complexity index is 1100. The zero-order valence-electron chi connectivity index (χ0n) is 17.3. The van der Waals surface area contributed by atoms with E-state index in [4.69, 9.17) is 15.6 Å². The van der Waals surface area contributed by atoms with Gasteiger partial charge in [0.15, 0.2) is 23.6 Å². The van der Waals surface area contributed by atoms with Gasteiger partial charge in [-0.05, 0) is 26.2 Å². The molecule has 0 radical (unpaired) electrons. The molecule has 9 nitrogen and oxygen atoms in total. The first-order valence-electron chi connectivity index (χ1n) is 8.69. The first-order valence-corrected chi connectivity index (χ1v) is 9.51. The highest BCUT2D eigenvalue weighted by Gasteiger charge is 2.26. The molecule has 0 aliphatic heterocycles. The van der Waals surface area contributed by atoms with Crippen LogP contribution in [0.4, 0.5) is 0 Å². The Morgan fingerprint density at radius 1 is 1.20 bits per heavy atom. The van der Waals surface area contributed by atoms with E-state index < -0.39 is 11.4 Å². The Kier molecular flexibility index (Phi) is 8.81. The standard InChI is InChI=1S/C16H15N3O3S.C2N2.C2H7N/c1-16(2,3)13(20)8-6-17-14-12(8)19-9(7-18-14)10-4-5-11(23-10)15(21)22;3-1-2-4;1-3-2/h4-7H,1-3H3,(H,17,18)(H,21,22);;3H,1-2H3. The Morgan fingerprint density at radius 3 is 2.27 bits per heavy atom. The van der Waals surface area contributed by atoms with E-state index in [1.54, 1.807) is 18.5 Å². The highest BCUT2D eigenvalue weighted by Crippen LogP contribution is 2.29. The smallest absolute Gasteiger partial charge is 0.345 e. The van der Waals surface area contributed by atoms with E-state index in [-0.39, 0.29) is 10.7 Å². The second-order valence-electron chi connectivity index (χ2n) is 6.93. The van der Waals surface area contributed by atoms with E-state index in [9.17, 15) is 9.59 Å². The van der Waals surface area contributed by atoms with Crippen LogP contribution in [0.2, 0.25) is 0 Å². The number of thiophene rings is 1. The van der Waals surface area contributed by atoms with E-state index in [0.717, 1.165) is 11.3 Å². The van der Waals surface area contributed by atoms with E-state index in [1.165, 1.54) is 18.2 Å². The Hall–Kier alpha value is -3.60. The van der Waals surface area contributed by atoms with Gasteiger partial charge in [0.05, 0.1) is 22.3 Å². The van der Waals surface area contributed by atoms with Gasteiger partial charge in [-0.15, -0.1) is 11.3 Å². The molecule has 0 aliphatic rings. The van der Waals surface area contributed by atoms with Crippen LogP contribution in [-0.2, 0) is 0 Å². The van der Waals surface area contributed by atoms with E-state index in [2.05, 4.69) is 20.3 Å². The maximum absolute atomic E-state index is 12.5. The maximum atomic E-state index is 12.5. The number of carbonyl (C=O) groups excluding carboxylic acids is 1. The lowest BCUT2D eigenvalue weighted by molar-refractivity contribution is 0.0701. The zero-order chi connectivity index (χ0) is 22.9. The number of nitrogens with one attached hydrogen (secondary N) is 2. The van der Waals surface area contributed by atoms with Crippen LogP contribution in [0.15, 0.2) is 24.5 Å². The van der Waals surface area contributed by atoms with Crippen LogP contribution < -0.4 is 5.32 Å². The number of nitrogens with zero attached hydrogens (tertiary/aromatic N) is 4. The van der Waals surface area contributed by atoms with Crippen LogP contribution in [0.3, 0.4) is 0 Å². The molecule has 0 aliphatic carbocycles. The van der Waals surface area contributed by atoms with Crippen molar-refractivity contribution in [2.45, 2.75) is 20.8 Å². The molecule has 0 amide bonds. The summed E-state index contributed by atoms with van der Waals surface area (Å²) < 4.78 is 0. The number of ketones is 1. The van der Waals surface area contributed by atoms with Gasteiger partial charge < -0.3 is 15.4 Å². The number of rotatable bonds is 3. The summed E-state index contributed by atoms with van der Waals surface area (Å²) in [6.07, 6.45) is 3.20. The van der Waals surface area contributed by atoms with E-state index in [1.807, 2.05) is 34.9 Å². The molecule has 30 heavy (non-hydrogen) atoms. The number of carbonyl (C=O) groups is 2.